The second-order valence-corrected chi connectivity index (χ2v) is 7.86. The van der Waals surface area contributed by atoms with Crippen molar-refractivity contribution in [1.29, 1.82) is 0 Å². The van der Waals surface area contributed by atoms with Gasteiger partial charge in [0.15, 0.2) is 23.1 Å². The topological polar surface area (TPSA) is 42.0 Å². The van der Waals surface area contributed by atoms with E-state index in [0.717, 1.165) is 5.56 Å². The number of likely N-dealkylation sites (tertiary alicyclic amines) is 1. The van der Waals surface area contributed by atoms with E-state index in [0.29, 0.717) is 31.5 Å². The van der Waals surface area contributed by atoms with Gasteiger partial charge in [0, 0.05) is 31.5 Å². The lowest BCUT2D eigenvalue weighted by molar-refractivity contribution is -0.138. The first-order chi connectivity index (χ1) is 14.0. The van der Waals surface area contributed by atoms with Crippen molar-refractivity contribution >= 4 is 5.91 Å². The summed E-state index contributed by atoms with van der Waals surface area (Å²) in [5, 5.41) is 0. The van der Waals surface area contributed by atoms with E-state index in [1.54, 1.807) is 0 Å². The number of halogens is 2. The molecular weight excluding hydrogens is 378 g/mol. The third kappa shape index (κ3) is 2.75. The van der Waals surface area contributed by atoms with Crippen LogP contribution in [0.5, 0.6) is 5.75 Å². The third-order valence-corrected chi connectivity index (χ3v) is 6.42. The van der Waals surface area contributed by atoms with Crippen LogP contribution >= 0.6 is 0 Å². The molecular formula is C22H22F2N2O3. The molecule has 0 unspecified atom stereocenters. The van der Waals surface area contributed by atoms with Crippen LogP contribution in [0.2, 0.25) is 0 Å². The van der Waals surface area contributed by atoms with Crippen LogP contribution in [0.25, 0.3) is 0 Å². The Bertz CT molecular complexity index is 955. The zero-order chi connectivity index (χ0) is 20.2. The number of hydrogen-bond donors (Lipinski definition) is 0. The Hall–Kier alpha value is -2.51. The smallest absolute Gasteiger partial charge is 0.226 e. The summed E-state index contributed by atoms with van der Waals surface area (Å²) in [7, 11) is 1.25. The van der Waals surface area contributed by atoms with Crippen LogP contribution in [0.15, 0.2) is 42.5 Å². The van der Waals surface area contributed by atoms with Gasteiger partial charge in [-0.25, -0.2) is 8.78 Å². The summed E-state index contributed by atoms with van der Waals surface area (Å²) in [6, 6.07) is 12.4. The summed E-state index contributed by atoms with van der Waals surface area (Å²) in [5.41, 5.74) is 0.734. The van der Waals surface area contributed by atoms with Gasteiger partial charge in [0.2, 0.25) is 5.91 Å². The Labute approximate surface area is 167 Å². The zero-order valence-electron chi connectivity index (χ0n) is 16.1. The van der Waals surface area contributed by atoms with E-state index in [1.807, 2.05) is 35.2 Å². The molecule has 5 rings (SSSR count). The van der Waals surface area contributed by atoms with Gasteiger partial charge < -0.3 is 14.4 Å². The summed E-state index contributed by atoms with van der Waals surface area (Å²) in [6.45, 7) is 1.48. The van der Waals surface area contributed by atoms with E-state index in [2.05, 4.69) is 4.90 Å². The number of methoxy groups -OCH3 is 1. The predicted molar refractivity (Wildman–Crippen MR) is 101 cm³/mol. The summed E-state index contributed by atoms with van der Waals surface area (Å²) in [5.74, 6) is -1.72. The van der Waals surface area contributed by atoms with Crippen molar-refractivity contribution < 1.29 is 23.0 Å². The minimum Gasteiger partial charge on any atom is -0.491 e. The van der Waals surface area contributed by atoms with Crippen LogP contribution < -0.4 is 4.74 Å². The van der Waals surface area contributed by atoms with Gasteiger partial charge in [0.1, 0.15) is 6.10 Å². The highest BCUT2D eigenvalue weighted by atomic mass is 19.1. The Kier molecular flexibility index (Phi) is 4.33. The van der Waals surface area contributed by atoms with E-state index in [9.17, 15) is 13.6 Å². The van der Waals surface area contributed by atoms with Crippen molar-refractivity contribution in [3.05, 3.63) is 65.2 Å². The molecule has 3 heterocycles. The van der Waals surface area contributed by atoms with Gasteiger partial charge in [-0.05, 0) is 11.6 Å². The van der Waals surface area contributed by atoms with Gasteiger partial charge in [-0.2, -0.15) is 0 Å². The average Bonchev–Trinajstić information content (AvgIpc) is 3.34. The fourth-order valence-corrected chi connectivity index (χ4v) is 5.04. The molecule has 0 radical (unpaired) electrons. The molecule has 3 fully saturated rings. The largest absolute Gasteiger partial charge is 0.491 e. The van der Waals surface area contributed by atoms with Gasteiger partial charge in [-0.15, -0.1) is 0 Å². The van der Waals surface area contributed by atoms with Crippen molar-refractivity contribution in [3.63, 3.8) is 0 Å². The van der Waals surface area contributed by atoms with Gasteiger partial charge in [-0.1, -0.05) is 36.4 Å². The Morgan fingerprint density at radius 3 is 2.76 bits per heavy atom. The molecule has 1 amide bonds. The Morgan fingerprint density at radius 1 is 1.21 bits per heavy atom. The average molecular weight is 400 g/mol. The lowest BCUT2D eigenvalue weighted by atomic mass is 10.1. The monoisotopic (exact) mass is 400 g/mol. The SMILES string of the molecule is COc1c(F)ccc(CN2CC[C@@]34O[C@@H](c5ccccc5)CN3C(=O)C[C@@H]24)c1F. The molecule has 0 N–H and O–H groups in total. The second-order valence-electron chi connectivity index (χ2n) is 7.86. The molecule has 29 heavy (non-hydrogen) atoms. The first-order valence-corrected chi connectivity index (χ1v) is 9.81. The minimum atomic E-state index is -0.723. The summed E-state index contributed by atoms with van der Waals surface area (Å²) >= 11 is 0. The molecule has 0 aliphatic carbocycles. The van der Waals surface area contributed by atoms with E-state index < -0.39 is 17.4 Å². The number of nitrogens with zero attached hydrogens (tertiary/aromatic N) is 2. The summed E-state index contributed by atoms with van der Waals surface area (Å²) in [4.78, 5) is 16.7. The van der Waals surface area contributed by atoms with Crippen LogP contribution in [0.3, 0.4) is 0 Å². The van der Waals surface area contributed by atoms with Crippen LogP contribution in [0, 0.1) is 11.6 Å². The molecule has 3 aliphatic rings. The fraction of sp³-hybridized carbons (Fsp3) is 0.409. The van der Waals surface area contributed by atoms with E-state index in [4.69, 9.17) is 9.47 Å². The number of amides is 1. The molecule has 0 bridgehead atoms. The van der Waals surface area contributed by atoms with Crippen molar-refractivity contribution in [2.75, 3.05) is 20.2 Å². The third-order valence-electron chi connectivity index (χ3n) is 6.42. The van der Waals surface area contributed by atoms with Gasteiger partial charge in [0.25, 0.3) is 0 Å². The molecule has 152 valence electrons. The Morgan fingerprint density at radius 2 is 2.00 bits per heavy atom. The van der Waals surface area contributed by atoms with Crippen LogP contribution in [0.1, 0.15) is 30.1 Å². The molecule has 3 saturated heterocycles. The molecule has 1 spiro atoms. The molecule has 2 aromatic rings. The number of rotatable bonds is 4. The lowest BCUT2D eigenvalue weighted by Gasteiger charge is -2.32. The zero-order valence-corrected chi connectivity index (χ0v) is 16.1. The van der Waals surface area contributed by atoms with E-state index in [1.165, 1.54) is 19.2 Å². The second kappa shape index (κ2) is 6.78. The van der Waals surface area contributed by atoms with Crippen molar-refractivity contribution in [2.45, 2.75) is 37.3 Å². The molecule has 5 nitrogen and oxygen atoms in total. The molecule has 0 saturated carbocycles. The molecule has 3 atom stereocenters. The highest BCUT2D eigenvalue weighted by Crippen LogP contribution is 2.51. The summed E-state index contributed by atoms with van der Waals surface area (Å²) in [6.07, 6.45) is 0.860. The molecule has 0 aromatic heterocycles. The van der Waals surface area contributed by atoms with Crippen molar-refractivity contribution in [2.24, 2.45) is 0 Å². The molecule has 3 aliphatic heterocycles. The Balaban J connectivity index is 1.41. The maximum Gasteiger partial charge on any atom is 0.226 e. The fourth-order valence-electron chi connectivity index (χ4n) is 5.04. The van der Waals surface area contributed by atoms with Gasteiger partial charge in [0.05, 0.1) is 19.7 Å². The number of benzene rings is 2. The molecule has 7 heteroatoms. The van der Waals surface area contributed by atoms with Gasteiger partial charge >= 0.3 is 0 Å². The predicted octanol–water partition coefficient (Wildman–Crippen LogP) is 3.25. The first-order valence-electron chi connectivity index (χ1n) is 9.81. The number of carbonyl (C=O) groups excluding carboxylic acids is 1. The van der Waals surface area contributed by atoms with Gasteiger partial charge in [-0.3, -0.25) is 9.69 Å². The van der Waals surface area contributed by atoms with E-state index in [-0.39, 0.29) is 30.3 Å². The van der Waals surface area contributed by atoms with E-state index >= 15 is 0 Å². The maximum absolute atomic E-state index is 14.7. The van der Waals surface area contributed by atoms with Crippen molar-refractivity contribution in [3.8, 4) is 5.75 Å². The standard InChI is InChI=1S/C22H22F2N2O3/c1-28-21-16(23)8-7-15(20(21)24)12-25-10-9-22-18(25)11-19(27)26(22)13-17(29-22)14-5-3-2-4-6-14/h2-8,17-18H,9-13H2,1H3/t17-,18-,22+/m1/s1. The van der Waals surface area contributed by atoms with Crippen LogP contribution in [-0.2, 0) is 16.1 Å². The normalized spacial score (nSPS) is 28.7. The quantitative estimate of drug-likeness (QED) is 0.790. The van der Waals surface area contributed by atoms with Crippen LogP contribution in [-0.4, -0.2) is 47.7 Å². The molecule has 2 aromatic carbocycles. The minimum absolute atomic E-state index is 0.0651. The highest BCUT2D eigenvalue weighted by Gasteiger charge is 2.63. The first kappa shape index (κ1) is 18.5. The lowest BCUT2D eigenvalue weighted by Crippen LogP contribution is -2.47. The number of ether oxygens (including phenoxy) is 2. The highest BCUT2D eigenvalue weighted by molar-refractivity contribution is 5.81. The van der Waals surface area contributed by atoms with Crippen LogP contribution in [0.4, 0.5) is 8.78 Å². The van der Waals surface area contributed by atoms with Crippen molar-refractivity contribution in [1.82, 2.24) is 9.80 Å². The number of carbonyl (C=O) groups is 1. The maximum atomic E-state index is 14.7. The summed E-state index contributed by atoms with van der Waals surface area (Å²) < 4.78 is 39.8. The number of hydrogen-bond acceptors (Lipinski definition) is 4.